The first-order valence-electron chi connectivity index (χ1n) is 5.79. The van der Waals surface area contributed by atoms with Crippen LogP contribution in [-0.4, -0.2) is 23.9 Å². The Morgan fingerprint density at radius 2 is 2.20 bits per heavy atom. The Hall–Kier alpha value is -1.04. The molecular formula is C12H18N2O. The van der Waals surface area contributed by atoms with Gasteiger partial charge in [0.05, 0.1) is 6.07 Å². The van der Waals surface area contributed by atoms with Gasteiger partial charge in [0.1, 0.15) is 6.04 Å². The van der Waals surface area contributed by atoms with Crippen LogP contribution < -0.4 is 0 Å². The second kappa shape index (κ2) is 3.84. The fraction of sp³-hybridized carbons (Fsp3) is 0.833. The van der Waals surface area contributed by atoms with E-state index in [1.807, 2.05) is 0 Å². The van der Waals surface area contributed by atoms with Gasteiger partial charge in [-0.2, -0.15) is 5.26 Å². The van der Waals surface area contributed by atoms with Crippen LogP contribution in [-0.2, 0) is 4.79 Å². The van der Waals surface area contributed by atoms with Crippen LogP contribution in [0.25, 0.3) is 0 Å². The van der Waals surface area contributed by atoms with Crippen molar-refractivity contribution in [1.29, 1.82) is 5.26 Å². The SMILES string of the molecule is CC(C#N)N(C)C(=O)C1CC2CCC1C2. The fourth-order valence-electron chi connectivity index (χ4n) is 3.09. The van der Waals surface area contributed by atoms with Crippen LogP contribution in [0.3, 0.4) is 0 Å². The average Bonchev–Trinajstić information content (AvgIpc) is 2.87. The van der Waals surface area contributed by atoms with E-state index >= 15 is 0 Å². The minimum absolute atomic E-state index is 0.191. The molecule has 2 aliphatic rings. The first-order chi connectivity index (χ1) is 7.13. The lowest BCUT2D eigenvalue weighted by molar-refractivity contribution is -0.136. The number of carbonyl (C=O) groups is 1. The summed E-state index contributed by atoms with van der Waals surface area (Å²) in [7, 11) is 1.75. The molecular weight excluding hydrogens is 188 g/mol. The number of hydrogen-bond donors (Lipinski definition) is 0. The molecule has 3 heteroatoms. The third-order valence-electron chi connectivity index (χ3n) is 4.17. The molecule has 3 nitrogen and oxygen atoms in total. The zero-order chi connectivity index (χ0) is 11.0. The molecule has 0 aliphatic heterocycles. The van der Waals surface area contributed by atoms with Gasteiger partial charge < -0.3 is 4.90 Å². The third kappa shape index (κ3) is 1.73. The molecule has 0 aromatic rings. The molecule has 82 valence electrons. The molecule has 4 atom stereocenters. The van der Waals surface area contributed by atoms with Crippen molar-refractivity contribution >= 4 is 5.91 Å². The summed E-state index contributed by atoms with van der Waals surface area (Å²) in [6.07, 6.45) is 4.83. The molecule has 2 saturated carbocycles. The predicted molar refractivity (Wildman–Crippen MR) is 56.8 cm³/mol. The average molecular weight is 206 g/mol. The standard InChI is InChI=1S/C12H18N2O/c1-8(7-13)14(2)12(15)11-6-9-3-4-10(11)5-9/h8-11H,3-6H2,1-2H3. The summed E-state index contributed by atoms with van der Waals surface area (Å²) >= 11 is 0. The lowest BCUT2D eigenvalue weighted by Gasteiger charge is -2.27. The normalized spacial score (nSPS) is 34.9. The van der Waals surface area contributed by atoms with Crippen molar-refractivity contribution in [3.8, 4) is 6.07 Å². The molecule has 0 radical (unpaired) electrons. The first kappa shape index (κ1) is 10.5. The molecule has 0 aromatic heterocycles. The summed E-state index contributed by atoms with van der Waals surface area (Å²) in [4.78, 5) is 13.7. The molecule has 0 heterocycles. The Kier molecular flexibility index (Phi) is 2.68. The van der Waals surface area contributed by atoms with E-state index < -0.39 is 0 Å². The maximum absolute atomic E-state index is 12.1. The summed E-state index contributed by atoms with van der Waals surface area (Å²) < 4.78 is 0. The van der Waals surface area contributed by atoms with E-state index in [4.69, 9.17) is 5.26 Å². The van der Waals surface area contributed by atoms with E-state index in [2.05, 4.69) is 6.07 Å². The van der Waals surface area contributed by atoms with Gasteiger partial charge in [0.2, 0.25) is 5.91 Å². The Bertz CT molecular complexity index is 307. The monoisotopic (exact) mass is 206 g/mol. The van der Waals surface area contributed by atoms with Gasteiger partial charge in [-0.3, -0.25) is 4.79 Å². The van der Waals surface area contributed by atoms with Crippen molar-refractivity contribution in [3.05, 3.63) is 0 Å². The number of carbonyl (C=O) groups excluding carboxylic acids is 1. The molecule has 0 spiro atoms. The van der Waals surface area contributed by atoms with Gasteiger partial charge in [0, 0.05) is 13.0 Å². The topological polar surface area (TPSA) is 44.1 Å². The van der Waals surface area contributed by atoms with E-state index in [0.717, 1.165) is 12.3 Å². The highest BCUT2D eigenvalue weighted by atomic mass is 16.2. The van der Waals surface area contributed by atoms with E-state index in [1.54, 1.807) is 18.9 Å². The summed E-state index contributed by atoms with van der Waals surface area (Å²) in [5.41, 5.74) is 0. The van der Waals surface area contributed by atoms with Crippen molar-refractivity contribution in [3.63, 3.8) is 0 Å². The van der Waals surface area contributed by atoms with Crippen LogP contribution in [0.2, 0.25) is 0 Å². The molecule has 15 heavy (non-hydrogen) atoms. The third-order valence-corrected chi connectivity index (χ3v) is 4.17. The van der Waals surface area contributed by atoms with E-state index in [9.17, 15) is 4.79 Å². The second-order valence-corrected chi connectivity index (χ2v) is 5.04. The fourth-order valence-corrected chi connectivity index (χ4v) is 3.09. The number of rotatable bonds is 2. The zero-order valence-electron chi connectivity index (χ0n) is 9.44. The Morgan fingerprint density at radius 1 is 1.47 bits per heavy atom. The minimum atomic E-state index is -0.295. The second-order valence-electron chi connectivity index (χ2n) is 5.04. The molecule has 0 aromatic carbocycles. The molecule has 2 aliphatic carbocycles. The summed E-state index contributed by atoms with van der Waals surface area (Å²) in [6.45, 7) is 1.78. The van der Waals surface area contributed by atoms with Crippen molar-refractivity contribution in [2.24, 2.45) is 17.8 Å². The lowest BCUT2D eigenvalue weighted by atomic mass is 9.87. The molecule has 2 fully saturated rings. The first-order valence-corrected chi connectivity index (χ1v) is 5.79. The highest BCUT2D eigenvalue weighted by molar-refractivity contribution is 5.80. The molecule has 4 unspecified atom stereocenters. The molecule has 2 rings (SSSR count). The maximum Gasteiger partial charge on any atom is 0.226 e. The minimum Gasteiger partial charge on any atom is -0.330 e. The van der Waals surface area contributed by atoms with Gasteiger partial charge in [-0.1, -0.05) is 6.42 Å². The van der Waals surface area contributed by atoms with Crippen LogP contribution in [0.1, 0.15) is 32.6 Å². The van der Waals surface area contributed by atoms with Gasteiger partial charge in [-0.25, -0.2) is 0 Å². The summed E-state index contributed by atoms with van der Waals surface area (Å²) in [5, 5.41) is 8.78. The molecule has 0 N–H and O–H groups in total. The lowest BCUT2D eigenvalue weighted by Crippen LogP contribution is -2.40. The smallest absolute Gasteiger partial charge is 0.226 e. The van der Waals surface area contributed by atoms with Crippen molar-refractivity contribution in [1.82, 2.24) is 4.90 Å². The van der Waals surface area contributed by atoms with Crippen LogP contribution in [0.4, 0.5) is 0 Å². The highest BCUT2D eigenvalue weighted by Crippen LogP contribution is 2.48. The molecule has 1 amide bonds. The predicted octanol–water partition coefficient (Wildman–Crippen LogP) is 1.79. The molecule has 0 saturated heterocycles. The highest BCUT2D eigenvalue weighted by Gasteiger charge is 2.44. The number of nitrogens with zero attached hydrogens (tertiary/aromatic N) is 2. The van der Waals surface area contributed by atoms with Gasteiger partial charge in [-0.05, 0) is 38.0 Å². The van der Waals surface area contributed by atoms with Crippen LogP contribution in [0, 0.1) is 29.1 Å². The number of amides is 1. The van der Waals surface area contributed by atoms with Crippen molar-refractivity contribution < 1.29 is 4.79 Å². The van der Waals surface area contributed by atoms with Crippen molar-refractivity contribution in [2.45, 2.75) is 38.6 Å². The van der Waals surface area contributed by atoms with E-state index in [1.165, 1.54) is 19.3 Å². The van der Waals surface area contributed by atoms with E-state index in [-0.39, 0.29) is 17.9 Å². The van der Waals surface area contributed by atoms with Crippen molar-refractivity contribution in [2.75, 3.05) is 7.05 Å². The number of nitriles is 1. The van der Waals surface area contributed by atoms with Crippen LogP contribution in [0.5, 0.6) is 0 Å². The Labute approximate surface area is 91.1 Å². The summed E-state index contributed by atoms with van der Waals surface area (Å²) in [5.74, 6) is 1.80. The Morgan fingerprint density at radius 3 is 2.67 bits per heavy atom. The van der Waals surface area contributed by atoms with Gasteiger partial charge in [-0.15, -0.1) is 0 Å². The number of hydrogen-bond acceptors (Lipinski definition) is 2. The zero-order valence-corrected chi connectivity index (χ0v) is 9.44. The van der Waals surface area contributed by atoms with E-state index in [0.29, 0.717) is 5.92 Å². The van der Waals surface area contributed by atoms with Gasteiger partial charge in [0.25, 0.3) is 0 Å². The number of fused-ring (bicyclic) bond motifs is 2. The summed E-state index contributed by atoms with van der Waals surface area (Å²) in [6, 6.07) is 1.82. The van der Waals surface area contributed by atoms with Gasteiger partial charge in [0.15, 0.2) is 0 Å². The van der Waals surface area contributed by atoms with Gasteiger partial charge >= 0.3 is 0 Å². The van der Waals surface area contributed by atoms with Crippen LogP contribution in [0.15, 0.2) is 0 Å². The maximum atomic E-state index is 12.1. The quantitative estimate of drug-likeness (QED) is 0.691. The largest absolute Gasteiger partial charge is 0.330 e. The van der Waals surface area contributed by atoms with Crippen LogP contribution >= 0.6 is 0 Å². The Balaban J connectivity index is 2.00. The molecule has 2 bridgehead atoms.